The average Bonchev–Trinajstić information content (AvgIpc) is 3.12. The van der Waals surface area contributed by atoms with E-state index in [-0.39, 0.29) is 6.10 Å². The van der Waals surface area contributed by atoms with Crippen molar-refractivity contribution < 1.29 is 5.11 Å². The molecule has 2 aromatic rings. The highest BCUT2D eigenvalue weighted by atomic mass is 35.5. The highest BCUT2D eigenvalue weighted by Crippen LogP contribution is 2.34. The fourth-order valence-corrected chi connectivity index (χ4v) is 4.17. The van der Waals surface area contributed by atoms with E-state index in [1.54, 1.807) is 0 Å². The van der Waals surface area contributed by atoms with Crippen LogP contribution in [0.1, 0.15) is 31.7 Å². The van der Waals surface area contributed by atoms with Gasteiger partial charge in [0.1, 0.15) is 5.15 Å². The molecule has 2 fully saturated rings. The maximum atomic E-state index is 10.1. The van der Waals surface area contributed by atoms with Crippen LogP contribution in [0.4, 0.5) is 5.69 Å². The minimum atomic E-state index is -0.287. The van der Waals surface area contributed by atoms with Crippen LogP contribution in [0.3, 0.4) is 0 Å². The number of nitrogens with zero attached hydrogens (tertiary/aromatic N) is 5. The van der Waals surface area contributed by atoms with Crippen molar-refractivity contribution in [2.45, 2.75) is 37.8 Å². The molecule has 4 rings (SSSR count). The van der Waals surface area contributed by atoms with Crippen LogP contribution >= 0.6 is 11.6 Å². The van der Waals surface area contributed by atoms with Gasteiger partial charge in [-0.1, -0.05) is 11.6 Å². The molecule has 6 nitrogen and oxygen atoms in total. The lowest BCUT2D eigenvalue weighted by Crippen LogP contribution is -2.38. The molecule has 2 aliphatic heterocycles. The molecule has 0 unspecified atom stereocenters. The Bertz CT molecular complexity index is 756. The summed E-state index contributed by atoms with van der Waals surface area (Å²) in [6.45, 7) is 3.78. The molecule has 0 spiro atoms. The van der Waals surface area contributed by atoms with Crippen LogP contribution in [0.2, 0.25) is 5.15 Å². The number of anilines is 1. The standard InChI is InChI=1S/C19H26ClN5O/c1-23-7-4-15(5-8-23)25-12-14(10-22-25)17-11-21-19(20)9-18(17)24-6-2-3-16(26)13-24/h9-12,15-16,26H,2-8,13H2,1H3/t16-/m0/s1. The molecule has 0 radical (unpaired) electrons. The van der Waals surface area contributed by atoms with Gasteiger partial charge < -0.3 is 14.9 Å². The van der Waals surface area contributed by atoms with Crippen LogP contribution in [0, 0.1) is 0 Å². The second-order valence-corrected chi connectivity index (χ2v) is 7.90. The molecular formula is C19H26ClN5O. The zero-order chi connectivity index (χ0) is 18.1. The zero-order valence-corrected chi connectivity index (χ0v) is 15.9. The van der Waals surface area contributed by atoms with E-state index in [4.69, 9.17) is 11.6 Å². The largest absolute Gasteiger partial charge is 0.391 e. The third-order valence-electron chi connectivity index (χ3n) is 5.56. The lowest BCUT2D eigenvalue weighted by Gasteiger charge is -2.33. The van der Waals surface area contributed by atoms with E-state index in [1.807, 2.05) is 18.5 Å². The Balaban J connectivity index is 1.61. The third-order valence-corrected chi connectivity index (χ3v) is 5.77. The number of pyridine rings is 1. The summed E-state index contributed by atoms with van der Waals surface area (Å²) in [6, 6.07) is 2.36. The summed E-state index contributed by atoms with van der Waals surface area (Å²) in [5.74, 6) is 0. The van der Waals surface area contributed by atoms with Crippen LogP contribution in [0.5, 0.6) is 0 Å². The highest BCUT2D eigenvalue weighted by molar-refractivity contribution is 6.29. The summed E-state index contributed by atoms with van der Waals surface area (Å²) in [4.78, 5) is 8.87. The van der Waals surface area contributed by atoms with Gasteiger partial charge in [-0.25, -0.2) is 4.98 Å². The summed E-state index contributed by atoms with van der Waals surface area (Å²) in [7, 11) is 2.17. The SMILES string of the molecule is CN1CCC(n2cc(-c3cnc(Cl)cc3N3CCC[C@H](O)C3)cn2)CC1. The van der Waals surface area contributed by atoms with Gasteiger partial charge in [0, 0.05) is 42.3 Å². The van der Waals surface area contributed by atoms with E-state index in [2.05, 4.69) is 37.8 Å². The van der Waals surface area contributed by atoms with Crippen LogP contribution in [0.25, 0.3) is 11.1 Å². The van der Waals surface area contributed by atoms with Crippen LogP contribution < -0.4 is 4.90 Å². The summed E-state index contributed by atoms with van der Waals surface area (Å²) >= 11 is 6.17. The molecule has 7 heteroatoms. The van der Waals surface area contributed by atoms with Crippen molar-refractivity contribution in [3.05, 3.63) is 29.8 Å². The predicted octanol–water partition coefficient (Wildman–Crippen LogP) is 2.83. The van der Waals surface area contributed by atoms with Crippen LogP contribution in [-0.4, -0.2) is 64.1 Å². The molecule has 2 saturated heterocycles. The number of aliphatic hydroxyl groups is 1. The Morgan fingerprint density at radius 1 is 1.15 bits per heavy atom. The lowest BCUT2D eigenvalue weighted by molar-refractivity contribution is 0.154. The minimum Gasteiger partial charge on any atom is -0.391 e. The van der Waals surface area contributed by atoms with E-state index in [0.717, 1.165) is 62.1 Å². The van der Waals surface area contributed by atoms with Gasteiger partial charge in [-0.15, -0.1) is 0 Å². The molecule has 1 N–H and O–H groups in total. The van der Waals surface area contributed by atoms with E-state index in [1.165, 1.54) is 0 Å². The van der Waals surface area contributed by atoms with Gasteiger partial charge in [-0.05, 0) is 51.9 Å². The van der Waals surface area contributed by atoms with Gasteiger partial charge >= 0.3 is 0 Å². The van der Waals surface area contributed by atoms with Crippen molar-refractivity contribution in [3.8, 4) is 11.1 Å². The highest BCUT2D eigenvalue weighted by Gasteiger charge is 2.23. The van der Waals surface area contributed by atoms with Crippen molar-refractivity contribution in [1.82, 2.24) is 19.7 Å². The molecule has 1 atom stereocenters. The molecule has 2 aromatic heterocycles. The number of aromatic nitrogens is 3. The Hall–Kier alpha value is -1.63. The second-order valence-electron chi connectivity index (χ2n) is 7.51. The number of hydrogen-bond acceptors (Lipinski definition) is 5. The summed E-state index contributed by atoms with van der Waals surface area (Å²) in [5.41, 5.74) is 3.12. The second kappa shape index (κ2) is 7.55. The Labute approximate surface area is 159 Å². The number of β-amino-alcohol motifs (C(OH)–C–C–N with tert-alkyl or cyclic N) is 1. The van der Waals surface area contributed by atoms with E-state index in [0.29, 0.717) is 17.7 Å². The van der Waals surface area contributed by atoms with Gasteiger partial charge in [-0.3, -0.25) is 4.68 Å². The normalized spacial score (nSPS) is 22.7. The van der Waals surface area contributed by atoms with E-state index in [9.17, 15) is 5.11 Å². The summed E-state index contributed by atoms with van der Waals surface area (Å²) in [5, 5.41) is 15.2. The Kier molecular flexibility index (Phi) is 5.16. The van der Waals surface area contributed by atoms with Crippen LogP contribution in [-0.2, 0) is 0 Å². The molecule has 2 aliphatic rings. The van der Waals surface area contributed by atoms with Gasteiger partial charge in [0.05, 0.1) is 18.3 Å². The van der Waals surface area contributed by atoms with Gasteiger partial charge in [0.2, 0.25) is 0 Å². The van der Waals surface area contributed by atoms with E-state index >= 15 is 0 Å². The first-order valence-corrected chi connectivity index (χ1v) is 9.79. The Morgan fingerprint density at radius 2 is 1.96 bits per heavy atom. The zero-order valence-electron chi connectivity index (χ0n) is 15.2. The molecule has 0 saturated carbocycles. The topological polar surface area (TPSA) is 57.4 Å². The quantitative estimate of drug-likeness (QED) is 0.836. The summed E-state index contributed by atoms with van der Waals surface area (Å²) in [6.07, 6.45) is 9.69. The van der Waals surface area contributed by atoms with E-state index < -0.39 is 0 Å². The molecule has 4 heterocycles. The first-order valence-electron chi connectivity index (χ1n) is 9.42. The van der Waals surface area contributed by atoms with Gasteiger partial charge in [0.25, 0.3) is 0 Å². The third kappa shape index (κ3) is 3.72. The molecule has 0 aromatic carbocycles. The van der Waals surface area contributed by atoms with Crippen molar-refractivity contribution in [1.29, 1.82) is 0 Å². The monoisotopic (exact) mass is 375 g/mol. The smallest absolute Gasteiger partial charge is 0.131 e. The van der Waals surface area contributed by atoms with Crippen LogP contribution in [0.15, 0.2) is 24.7 Å². The molecule has 0 aliphatic carbocycles. The first-order chi connectivity index (χ1) is 12.6. The number of aliphatic hydroxyl groups excluding tert-OH is 1. The number of rotatable bonds is 3. The molecule has 0 amide bonds. The van der Waals surface area contributed by atoms with Crippen molar-refractivity contribution in [2.75, 3.05) is 38.1 Å². The average molecular weight is 376 g/mol. The molecule has 26 heavy (non-hydrogen) atoms. The fraction of sp³-hybridized carbons (Fsp3) is 0.579. The first kappa shape index (κ1) is 17.8. The van der Waals surface area contributed by atoms with Crippen molar-refractivity contribution in [3.63, 3.8) is 0 Å². The van der Waals surface area contributed by atoms with Crippen molar-refractivity contribution >= 4 is 17.3 Å². The minimum absolute atomic E-state index is 0.287. The number of piperidine rings is 2. The molecular weight excluding hydrogens is 350 g/mol. The number of halogens is 1. The lowest BCUT2D eigenvalue weighted by atomic mass is 10.0. The fourth-order valence-electron chi connectivity index (χ4n) is 4.01. The molecule has 0 bridgehead atoms. The van der Waals surface area contributed by atoms with Gasteiger partial charge in [-0.2, -0.15) is 5.10 Å². The maximum Gasteiger partial charge on any atom is 0.131 e. The molecule has 140 valence electrons. The number of hydrogen-bond donors (Lipinski definition) is 1. The van der Waals surface area contributed by atoms with Crippen molar-refractivity contribution in [2.24, 2.45) is 0 Å². The summed E-state index contributed by atoms with van der Waals surface area (Å²) < 4.78 is 2.10. The number of likely N-dealkylation sites (tertiary alicyclic amines) is 1. The van der Waals surface area contributed by atoms with Gasteiger partial charge in [0.15, 0.2) is 0 Å². The predicted molar refractivity (Wildman–Crippen MR) is 104 cm³/mol. The Morgan fingerprint density at radius 3 is 2.73 bits per heavy atom. The maximum absolute atomic E-state index is 10.1.